The van der Waals surface area contributed by atoms with Gasteiger partial charge in [0.2, 0.25) is 5.91 Å². The van der Waals surface area contributed by atoms with Crippen LogP contribution in [0.15, 0.2) is 53.6 Å². The Bertz CT molecular complexity index is 867. The molecule has 0 aliphatic heterocycles. The highest BCUT2D eigenvalue weighted by atomic mass is 32.2. The molecule has 1 amide bonds. The average Bonchev–Trinajstić information content (AvgIpc) is 3.08. The van der Waals surface area contributed by atoms with Crippen molar-refractivity contribution in [3.63, 3.8) is 0 Å². The topological polar surface area (TPSA) is 104 Å². The van der Waals surface area contributed by atoms with E-state index in [0.29, 0.717) is 16.7 Å². The van der Waals surface area contributed by atoms with E-state index in [9.17, 15) is 27.9 Å². The molecule has 1 aromatic heterocycles. The zero-order valence-electron chi connectivity index (χ0n) is 14.3. The van der Waals surface area contributed by atoms with Crippen LogP contribution < -0.4 is 5.32 Å². The number of carboxylic acids is 1. The highest BCUT2D eigenvalue weighted by Crippen LogP contribution is 2.29. The molecule has 7 nitrogen and oxygen atoms in total. The fourth-order valence-corrected chi connectivity index (χ4v) is 3.01. The van der Waals surface area contributed by atoms with Crippen LogP contribution in [0.2, 0.25) is 0 Å². The molecule has 0 saturated carbocycles. The maximum absolute atomic E-state index is 12.5. The van der Waals surface area contributed by atoms with E-state index in [1.54, 1.807) is 24.3 Å². The van der Waals surface area contributed by atoms with Gasteiger partial charge in [-0.2, -0.15) is 18.3 Å². The summed E-state index contributed by atoms with van der Waals surface area (Å²) >= 11 is 1.18. The number of aromatic nitrogens is 2. The third-order valence-electron chi connectivity index (χ3n) is 3.28. The van der Waals surface area contributed by atoms with Crippen molar-refractivity contribution in [3.8, 4) is 0 Å². The first kappa shape index (κ1) is 21.5. The molecule has 1 aromatic carbocycles. The standard InChI is InChI=1S/C17H16F3N3O4S/c18-17(19,20)14-7-8-23(22-14)9-11(24)10-28-13-4-2-1-3-12(13)21-15(25)5-6-16(26)27/h1-8,11,24H,9-10H2,(H,21,25)(H,26,27)/b6-5-. The van der Waals surface area contributed by atoms with Crippen molar-refractivity contribution in [1.29, 1.82) is 0 Å². The zero-order valence-corrected chi connectivity index (χ0v) is 15.1. The highest BCUT2D eigenvalue weighted by molar-refractivity contribution is 7.99. The van der Waals surface area contributed by atoms with Gasteiger partial charge in [0.25, 0.3) is 0 Å². The van der Waals surface area contributed by atoms with Crippen molar-refractivity contribution in [2.75, 3.05) is 11.1 Å². The molecular formula is C17H16F3N3O4S. The first-order valence-electron chi connectivity index (χ1n) is 7.87. The summed E-state index contributed by atoms with van der Waals surface area (Å²) in [5.41, 5.74) is -0.618. The van der Waals surface area contributed by atoms with Gasteiger partial charge in [-0.3, -0.25) is 9.48 Å². The van der Waals surface area contributed by atoms with Gasteiger partial charge in [-0.05, 0) is 18.2 Å². The lowest BCUT2D eigenvalue weighted by Crippen LogP contribution is -2.20. The van der Waals surface area contributed by atoms with E-state index >= 15 is 0 Å². The minimum atomic E-state index is -4.54. The molecule has 28 heavy (non-hydrogen) atoms. The molecule has 2 rings (SSSR count). The number of anilines is 1. The molecular weight excluding hydrogens is 399 g/mol. The largest absolute Gasteiger partial charge is 0.478 e. The van der Waals surface area contributed by atoms with Gasteiger partial charge in [0.15, 0.2) is 5.69 Å². The summed E-state index contributed by atoms with van der Waals surface area (Å²) in [6, 6.07) is 7.49. The Morgan fingerprint density at radius 3 is 2.61 bits per heavy atom. The molecule has 0 saturated heterocycles. The number of hydrogen-bond acceptors (Lipinski definition) is 5. The van der Waals surface area contributed by atoms with Crippen molar-refractivity contribution < 1.29 is 33.0 Å². The number of carbonyl (C=O) groups is 2. The Morgan fingerprint density at radius 2 is 1.96 bits per heavy atom. The lowest BCUT2D eigenvalue weighted by Gasteiger charge is -2.13. The fraction of sp³-hybridized carbons (Fsp3) is 0.235. The molecule has 1 heterocycles. The third kappa shape index (κ3) is 6.74. The van der Waals surface area contributed by atoms with E-state index in [4.69, 9.17) is 5.11 Å². The van der Waals surface area contributed by atoms with E-state index in [1.165, 1.54) is 11.8 Å². The Morgan fingerprint density at radius 1 is 1.25 bits per heavy atom. The Balaban J connectivity index is 1.94. The number of hydrogen-bond donors (Lipinski definition) is 3. The van der Waals surface area contributed by atoms with Crippen LogP contribution in [0.4, 0.5) is 18.9 Å². The molecule has 0 aliphatic rings. The first-order valence-corrected chi connectivity index (χ1v) is 8.86. The molecule has 0 radical (unpaired) electrons. The number of carboxylic acid groups (broad SMARTS) is 1. The molecule has 0 aliphatic carbocycles. The van der Waals surface area contributed by atoms with Crippen molar-refractivity contribution in [3.05, 3.63) is 54.4 Å². The molecule has 1 unspecified atom stereocenters. The van der Waals surface area contributed by atoms with Crippen LogP contribution in [0.3, 0.4) is 0 Å². The Kier molecular flexibility index (Phi) is 7.24. The number of thioether (sulfide) groups is 1. The summed E-state index contributed by atoms with van der Waals surface area (Å²) in [5.74, 6) is -1.75. The number of carbonyl (C=O) groups excluding carboxylic acids is 1. The molecule has 2 aromatic rings. The second-order valence-corrected chi connectivity index (χ2v) is 6.60. The number of aliphatic hydroxyl groups is 1. The van der Waals surface area contributed by atoms with Gasteiger partial charge >= 0.3 is 12.1 Å². The van der Waals surface area contributed by atoms with Crippen LogP contribution in [0.25, 0.3) is 0 Å². The van der Waals surface area contributed by atoms with Crippen LogP contribution in [-0.4, -0.2) is 43.7 Å². The molecule has 0 fully saturated rings. The van der Waals surface area contributed by atoms with Gasteiger partial charge < -0.3 is 15.5 Å². The van der Waals surface area contributed by atoms with Crippen LogP contribution in [-0.2, 0) is 22.3 Å². The van der Waals surface area contributed by atoms with E-state index in [0.717, 1.165) is 23.0 Å². The summed E-state index contributed by atoms with van der Waals surface area (Å²) < 4.78 is 38.6. The minimum absolute atomic E-state index is 0.126. The summed E-state index contributed by atoms with van der Waals surface area (Å²) in [7, 11) is 0. The predicted octanol–water partition coefficient (Wildman–Crippen LogP) is 2.63. The minimum Gasteiger partial charge on any atom is -0.478 e. The number of aliphatic hydroxyl groups excluding tert-OH is 1. The lowest BCUT2D eigenvalue weighted by atomic mass is 10.3. The number of benzene rings is 1. The smallest absolute Gasteiger partial charge is 0.435 e. The molecule has 3 N–H and O–H groups in total. The number of para-hydroxylation sites is 1. The number of amides is 1. The van der Waals surface area contributed by atoms with Gasteiger partial charge in [0.1, 0.15) is 0 Å². The van der Waals surface area contributed by atoms with Crippen LogP contribution >= 0.6 is 11.8 Å². The van der Waals surface area contributed by atoms with Crippen molar-refractivity contribution in [2.24, 2.45) is 0 Å². The van der Waals surface area contributed by atoms with Crippen molar-refractivity contribution in [2.45, 2.75) is 23.7 Å². The molecule has 1 atom stereocenters. The predicted molar refractivity (Wildman–Crippen MR) is 95.8 cm³/mol. The summed E-state index contributed by atoms with van der Waals surface area (Å²) in [6.07, 6.45) is -2.82. The number of alkyl halides is 3. The number of halogens is 3. The SMILES string of the molecule is O=C(O)/C=C\C(=O)Nc1ccccc1SCC(O)Cn1ccc(C(F)(F)F)n1. The number of rotatable bonds is 8. The maximum Gasteiger partial charge on any atom is 0.435 e. The van der Waals surface area contributed by atoms with Crippen molar-refractivity contribution in [1.82, 2.24) is 9.78 Å². The second-order valence-electron chi connectivity index (χ2n) is 5.54. The van der Waals surface area contributed by atoms with E-state index in [1.807, 2.05) is 0 Å². The number of nitrogens with one attached hydrogen (secondary N) is 1. The van der Waals surface area contributed by atoms with Crippen LogP contribution in [0.5, 0.6) is 0 Å². The zero-order chi connectivity index (χ0) is 20.7. The quantitative estimate of drug-likeness (QED) is 0.452. The van der Waals surface area contributed by atoms with E-state index in [2.05, 4.69) is 10.4 Å². The summed E-state index contributed by atoms with van der Waals surface area (Å²) in [4.78, 5) is 22.8. The fourth-order valence-electron chi connectivity index (χ4n) is 2.09. The van der Waals surface area contributed by atoms with Crippen LogP contribution in [0.1, 0.15) is 5.69 Å². The molecule has 11 heteroatoms. The Hall–Kier alpha value is -2.79. The Labute approximate surface area is 161 Å². The average molecular weight is 415 g/mol. The maximum atomic E-state index is 12.5. The normalized spacial score (nSPS) is 12.9. The number of nitrogens with zero attached hydrogens (tertiary/aromatic N) is 2. The highest BCUT2D eigenvalue weighted by Gasteiger charge is 2.33. The van der Waals surface area contributed by atoms with Gasteiger partial charge in [0.05, 0.1) is 18.3 Å². The third-order valence-corrected chi connectivity index (χ3v) is 4.50. The second kappa shape index (κ2) is 9.42. The van der Waals surface area contributed by atoms with Crippen molar-refractivity contribution >= 4 is 29.3 Å². The summed E-state index contributed by atoms with van der Waals surface area (Å²) in [6.45, 7) is -0.126. The van der Waals surface area contributed by atoms with Gasteiger partial charge in [-0.25, -0.2) is 4.79 Å². The van der Waals surface area contributed by atoms with Gasteiger partial charge in [-0.15, -0.1) is 11.8 Å². The lowest BCUT2D eigenvalue weighted by molar-refractivity contribution is -0.141. The summed E-state index contributed by atoms with van der Waals surface area (Å²) in [5, 5.41) is 24.5. The number of aliphatic carboxylic acids is 1. The molecule has 150 valence electrons. The molecule has 0 bridgehead atoms. The van der Waals surface area contributed by atoms with E-state index < -0.39 is 29.9 Å². The first-order chi connectivity index (χ1) is 13.1. The van der Waals surface area contributed by atoms with Gasteiger partial charge in [0, 0.05) is 29.0 Å². The van der Waals surface area contributed by atoms with Crippen LogP contribution in [0, 0.1) is 0 Å². The molecule has 0 spiro atoms. The van der Waals surface area contributed by atoms with Gasteiger partial charge in [-0.1, -0.05) is 12.1 Å². The van der Waals surface area contributed by atoms with E-state index in [-0.39, 0.29) is 12.3 Å². The monoisotopic (exact) mass is 415 g/mol.